The van der Waals surface area contributed by atoms with Crippen LogP contribution in [0.2, 0.25) is 25.7 Å². The van der Waals surface area contributed by atoms with E-state index < -0.39 is 50.2 Å². The highest BCUT2D eigenvalue weighted by Crippen LogP contribution is 2.36. The smallest absolute Gasteiger partial charge is 0.342 e. The minimum Gasteiger partial charge on any atom is -0.494 e. The zero-order valence-electron chi connectivity index (χ0n) is 28.2. The fourth-order valence-corrected chi connectivity index (χ4v) is 5.88. The van der Waals surface area contributed by atoms with E-state index in [-0.39, 0.29) is 18.3 Å². The molecule has 2 aliphatic heterocycles. The van der Waals surface area contributed by atoms with Crippen LogP contribution in [0, 0.1) is 5.92 Å². The van der Waals surface area contributed by atoms with Crippen molar-refractivity contribution in [2.24, 2.45) is 5.92 Å². The number of methoxy groups -OCH3 is 1. The summed E-state index contributed by atoms with van der Waals surface area (Å²) in [6, 6.07) is 13.4. The van der Waals surface area contributed by atoms with Crippen LogP contribution in [-0.2, 0) is 23.7 Å². The molecule has 1 fully saturated rings. The van der Waals surface area contributed by atoms with Crippen molar-refractivity contribution < 1.29 is 42.7 Å². The first-order chi connectivity index (χ1) is 21.8. The van der Waals surface area contributed by atoms with E-state index in [2.05, 4.69) is 19.6 Å². The SMILES string of the molecule is COCOc1cc(OCC[Si](C)(C)C)cc2c1C(=O)O[C@@H](C)C(C)/C=C\C(OC(=O)c1ccccc1)[C@H]1OC(C)(C)O[C@H]1C/C=C/2. The summed E-state index contributed by atoms with van der Waals surface area (Å²) in [4.78, 5) is 26.9. The van der Waals surface area contributed by atoms with Gasteiger partial charge in [0.1, 0.15) is 35.4 Å². The number of hydrogen-bond donors (Lipinski definition) is 0. The summed E-state index contributed by atoms with van der Waals surface area (Å²) in [5, 5.41) is 0. The molecule has 0 bridgehead atoms. The summed E-state index contributed by atoms with van der Waals surface area (Å²) in [5.74, 6) is -1.24. The molecule has 0 radical (unpaired) electrons. The van der Waals surface area contributed by atoms with Gasteiger partial charge in [-0.25, -0.2) is 9.59 Å². The molecule has 0 saturated carbocycles. The van der Waals surface area contributed by atoms with Gasteiger partial charge in [-0.2, -0.15) is 0 Å². The van der Waals surface area contributed by atoms with Crippen LogP contribution in [0.25, 0.3) is 6.08 Å². The van der Waals surface area contributed by atoms with E-state index >= 15 is 0 Å². The number of cyclic esters (lactones) is 1. The van der Waals surface area contributed by atoms with Crippen molar-refractivity contribution in [1.82, 2.24) is 0 Å². The van der Waals surface area contributed by atoms with E-state index in [9.17, 15) is 9.59 Å². The van der Waals surface area contributed by atoms with E-state index in [0.29, 0.717) is 35.7 Å². The topological polar surface area (TPSA) is 98.8 Å². The van der Waals surface area contributed by atoms with Crippen LogP contribution in [0.5, 0.6) is 11.5 Å². The fourth-order valence-electron chi connectivity index (χ4n) is 5.17. The molecule has 2 aliphatic rings. The minimum absolute atomic E-state index is 0.0520. The van der Waals surface area contributed by atoms with Crippen LogP contribution in [-0.4, -0.2) is 70.7 Å². The highest BCUT2D eigenvalue weighted by atomic mass is 28.3. The van der Waals surface area contributed by atoms with Crippen LogP contribution in [0.3, 0.4) is 0 Å². The van der Waals surface area contributed by atoms with Gasteiger partial charge in [0, 0.05) is 27.2 Å². The van der Waals surface area contributed by atoms with Gasteiger partial charge in [0.15, 0.2) is 12.6 Å². The molecule has 9 nitrogen and oxygen atoms in total. The molecule has 0 N–H and O–H groups in total. The number of carbonyl (C=O) groups excluding carboxylic acids is 2. The van der Waals surface area contributed by atoms with Crippen molar-refractivity contribution in [3.63, 3.8) is 0 Å². The second-order valence-electron chi connectivity index (χ2n) is 13.5. The number of ether oxygens (including phenoxy) is 7. The van der Waals surface area contributed by atoms with Crippen LogP contribution in [0.15, 0.2) is 60.7 Å². The molecule has 0 amide bonds. The zero-order chi connectivity index (χ0) is 33.5. The fraction of sp³-hybridized carbons (Fsp3) is 0.500. The maximum absolute atomic E-state index is 13.8. The Balaban J connectivity index is 1.73. The Bertz CT molecular complexity index is 1400. The third-order valence-corrected chi connectivity index (χ3v) is 9.57. The van der Waals surface area contributed by atoms with Gasteiger partial charge in [0.05, 0.1) is 18.3 Å². The molecule has 2 heterocycles. The van der Waals surface area contributed by atoms with Crippen molar-refractivity contribution >= 4 is 26.1 Å². The molecule has 0 spiro atoms. The standard InChI is InChI=1S/C36H48O9Si/c1-24-17-18-29(43-34(37)26-13-10-9-11-14-26)33-30(44-36(3,4)45-33)16-12-15-27-21-28(40-19-20-46(6,7)8)22-31(41-23-39-5)32(27)35(38)42-25(24)2/h9-15,17-18,21-22,24-25,29-30,33H,16,19-20,23H2,1-8H3/b15-12+,18-17-/t24?,25-,29?,30-,33+/m0/s1. The molecule has 0 aliphatic carbocycles. The molecule has 46 heavy (non-hydrogen) atoms. The lowest BCUT2D eigenvalue weighted by Gasteiger charge is -2.26. The summed E-state index contributed by atoms with van der Waals surface area (Å²) < 4.78 is 41.9. The normalized spacial score (nSPS) is 26.1. The van der Waals surface area contributed by atoms with Gasteiger partial charge < -0.3 is 33.2 Å². The quantitative estimate of drug-likeness (QED) is 0.120. The first-order valence-corrected chi connectivity index (χ1v) is 19.6. The van der Waals surface area contributed by atoms with Gasteiger partial charge in [0.25, 0.3) is 0 Å². The summed E-state index contributed by atoms with van der Waals surface area (Å²) in [7, 11) is 0.189. The van der Waals surface area contributed by atoms with Gasteiger partial charge in [0.2, 0.25) is 0 Å². The monoisotopic (exact) mass is 652 g/mol. The van der Waals surface area contributed by atoms with Crippen molar-refractivity contribution in [3.8, 4) is 11.5 Å². The van der Waals surface area contributed by atoms with Gasteiger partial charge >= 0.3 is 11.9 Å². The van der Waals surface area contributed by atoms with Crippen molar-refractivity contribution in [3.05, 3.63) is 77.4 Å². The van der Waals surface area contributed by atoms with E-state index in [1.54, 1.807) is 36.4 Å². The molecule has 2 unspecified atom stereocenters. The summed E-state index contributed by atoms with van der Waals surface area (Å²) >= 11 is 0. The molecule has 0 aromatic heterocycles. The number of rotatable bonds is 9. The van der Waals surface area contributed by atoms with Gasteiger partial charge in [-0.05, 0) is 63.1 Å². The average Bonchev–Trinajstić information content (AvgIpc) is 3.30. The number of benzene rings is 2. The van der Waals surface area contributed by atoms with Crippen molar-refractivity contribution in [1.29, 1.82) is 0 Å². The third kappa shape index (κ3) is 9.78. The maximum atomic E-state index is 13.8. The van der Waals surface area contributed by atoms with E-state index in [4.69, 9.17) is 33.2 Å². The molecule has 2 aromatic carbocycles. The van der Waals surface area contributed by atoms with E-state index in [0.717, 1.165) is 6.04 Å². The summed E-state index contributed by atoms with van der Waals surface area (Å²) in [6.07, 6.45) is 5.54. The summed E-state index contributed by atoms with van der Waals surface area (Å²) in [5.41, 5.74) is 1.29. The lowest BCUT2D eigenvalue weighted by Crippen LogP contribution is -2.37. The van der Waals surface area contributed by atoms with Crippen LogP contribution >= 0.6 is 0 Å². The number of esters is 2. The minimum atomic E-state index is -1.33. The van der Waals surface area contributed by atoms with Gasteiger partial charge in [-0.3, -0.25) is 0 Å². The number of fused-ring (bicyclic) bond motifs is 2. The largest absolute Gasteiger partial charge is 0.494 e. The van der Waals surface area contributed by atoms with E-state index in [1.165, 1.54) is 7.11 Å². The summed E-state index contributed by atoms with van der Waals surface area (Å²) in [6.45, 7) is 14.8. The average molecular weight is 653 g/mol. The molecule has 4 rings (SSSR count). The number of hydrogen-bond acceptors (Lipinski definition) is 9. The van der Waals surface area contributed by atoms with E-state index in [1.807, 2.05) is 58.1 Å². The Labute approximate surface area is 273 Å². The Morgan fingerprint density at radius 1 is 1.02 bits per heavy atom. The molecule has 5 atom stereocenters. The van der Waals surface area contributed by atoms with Crippen molar-refractivity contribution in [2.45, 2.75) is 90.0 Å². The van der Waals surface area contributed by atoms with Crippen molar-refractivity contribution in [2.75, 3.05) is 20.5 Å². The lowest BCUT2D eigenvalue weighted by molar-refractivity contribution is -0.152. The molecule has 2 aromatic rings. The van der Waals surface area contributed by atoms with Crippen LogP contribution in [0.4, 0.5) is 0 Å². The molecular weight excluding hydrogens is 604 g/mol. The first-order valence-electron chi connectivity index (χ1n) is 15.9. The third-order valence-electron chi connectivity index (χ3n) is 7.86. The van der Waals surface area contributed by atoms with Gasteiger partial charge in [-0.15, -0.1) is 0 Å². The Kier molecular flexibility index (Phi) is 11.9. The highest BCUT2D eigenvalue weighted by molar-refractivity contribution is 6.76. The second kappa shape index (κ2) is 15.4. The zero-order valence-corrected chi connectivity index (χ0v) is 29.2. The Morgan fingerprint density at radius 3 is 2.46 bits per heavy atom. The predicted molar refractivity (Wildman–Crippen MR) is 179 cm³/mol. The Hall–Kier alpha value is -3.44. The molecule has 10 heteroatoms. The molecule has 250 valence electrons. The second-order valence-corrected chi connectivity index (χ2v) is 19.1. The maximum Gasteiger partial charge on any atom is 0.342 e. The lowest BCUT2D eigenvalue weighted by atomic mass is 9.98. The molecule has 1 saturated heterocycles. The Morgan fingerprint density at radius 2 is 1.76 bits per heavy atom. The number of carbonyl (C=O) groups is 2. The van der Waals surface area contributed by atoms with Crippen LogP contribution < -0.4 is 9.47 Å². The van der Waals surface area contributed by atoms with Crippen LogP contribution in [0.1, 0.15) is 60.4 Å². The first kappa shape index (κ1) is 35.4. The predicted octanol–water partition coefficient (Wildman–Crippen LogP) is 7.29. The highest BCUT2D eigenvalue weighted by Gasteiger charge is 2.45. The molecular formula is C36H48O9Si. The van der Waals surface area contributed by atoms with Gasteiger partial charge in [-0.1, -0.05) is 63.0 Å².